The van der Waals surface area contributed by atoms with Crippen LogP contribution in [-0.2, 0) is 4.79 Å². The second kappa shape index (κ2) is 10.8. The number of hydrogen-bond acceptors (Lipinski definition) is 5. The van der Waals surface area contributed by atoms with E-state index >= 15 is 0 Å². The van der Waals surface area contributed by atoms with E-state index < -0.39 is 12.2 Å². The molecule has 5 N–H and O–H groups in total. The Hall–Kier alpha value is -3.77. The lowest BCUT2D eigenvalue weighted by atomic mass is 10.00. The van der Waals surface area contributed by atoms with Gasteiger partial charge in [0.25, 0.3) is 0 Å². The standard InChI is InChI=1S/C25H26N2O4/c26-21-10-4-5-11-22(21)27-24(29)13-7-6-12-23(31-20-8-2-1-3-9-20)25(30)18-14-16-19(28)17-15-18/h1-5,7-11,13-17,23,25,28,30H,6,12,26H2,(H,27,29)/b13-7+/t23-,25-/m1/s1. The molecule has 0 aliphatic heterocycles. The van der Waals surface area contributed by atoms with Gasteiger partial charge >= 0.3 is 0 Å². The number of benzene rings is 3. The van der Waals surface area contributed by atoms with Gasteiger partial charge in [-0.1, -0.05) is 48.5 Å². The fourth-order valence-electron chi connectivity index (χ4n) is 3.08. The lowest BCUT2D eigenvalue weighted by Gasteiger charge is -2.24. The molecular weight excluding hydrogens is 392 g/mol. The number of nitrogens with two attached hydrogens (primary N) is 1. The van der Waals surface area contributed by atoms with Crippen molar-refractivity contribution in [3.8, 4) is 11.5 Å². The number of hydrogen-bond donors (Lipinski definition) is 4. The number of carbonyl (C=O) groups excluding carboxylic acids is 1. The summed E-state index contributed by atoms with van der Waals surface area (Å²) in [7, 11) is 0. The van der Waals surface area contributed by atoms with Crippen LogP contribution in [0.25, 0.3) is 0 Å². The molecule has 3 aromatic rings. The fraction of sp³-hybridized carbons (Fsp3) is 0.160. The molecule has 2 atom stereocenters. The highest BCUT2D eigenvalue weighted by Crippen LogP contribution is 2.26. The van der Waals surface area contributed by atoms with Gasteiger partial charge in [-0.2, -0.15) is 0 Å². The third-order valence-electron chi connectivity index (χ3n) is 4.72. The second-order valence-corrected chi connectivity index (χ2v) is 7.06. The molecule has 0 aliphatic rings. The summed E-state index contributed by atoms with van der Waals surface area (Å²) in [6.07, 6.45) is 2.74. The van der Waals surface area contributed by atoms with Crippen LogP contribution in [-0.4, -0.2) is 22.2 Å². The molecule has 1 amide bonds. The predicted molar refractivity (Wildman–Crippen MR) is 122 cm³/mol. The summed E-state index contributed by atoms with van der Waals surface area (Å²) in [6, 6.07) is 22.7. The monoisotopic (exact) mass is 418 g/mol. The SMILES string of the molecule is Nc1ccccc1NC(=O)/C=C/CC[C@@H](Oc1ccccc1)[C@H](O)c1ccc(O)cc1. The number of allylic oxidation sites excluding steroid dienone is 1. The van der Waals surface area contributed by atoms with Gasteiger partial charge in [0.1, 0.15) is 23.7 Å². The van der Waals surface area contributed by atoms with E-state index in [0.29, 0.717) is 35.5 Å². The van der Waals surface area contributed by atoms with Gasteiger partial charge < -0.3 is 26.0 Å². The van der Waals surface area contributed by atoms with Crippen molar-refractivity contribution in [3.05, 3.63) is 96.6 Å². The molecular formula is C25H26N2O4. The number of aromatic hydroxyl groups is 1. The number of amides is 1. The zero-order chi connectivity index (χ0) is 22.1. The molecule has 0 unspecified atom stereocenters. The van der Waals surface area contributed by atoms with Gasteiger partial charge in [-0.05, 0) is 60.9 Å². The molecule has 3 rings (SSSR count). The number of aliphatic hydroxyl groups excluding tert-OH is 1. The molecule has 0 radical (unpaired) electrons. The van der Waals surface area contributed by atoms with E-state index in [2.05, 4.69) is 5.32 Å². The third kappa shape index (κ3) is 6.62. The predicted octanol–water partition coefficient (Wildman–Crippen LogP) is 4.43. The number of aliphatic hydroxyl groups is 1. The lowest BCUT2D eigenvalue weighted by Crippen LogP contribution is -2.25. The van der Waals surface area contributed by atoms with Crippen LogP contribution in [0.5, 0.6) is 11.5 Å². The van der Waals surface area contributed by atoms with Crippen LogP contribution >= 0.6 is 0 Å². The Morgan fingerprint density at radius 1 is 1.00 bits per heavy atom. The van der Waals surface area contributed by atoms with Gasteiger partial charge in [-0.15, -0.1) is 0 Å². The van der Waals surface area contributed by atoms with Crippen molar-refractivity contribution >= 4 is 17.3 Å². The molecule has 0 saturated carbocycles. The van der Waals surface area contributed by atoms with E-state index in [1.54, 1.807) is 42.5 Å². The summed E-state index contributed by atoms with van der Waals surface area (Å²) >= 11 is 0. The molecule has 0 spiro atoms. The molecule has 0 aliphatic carbocycles. The van der Waals surface area contributed by atoms with Gasteiger partial charge in [-0.3, -0.25) is 4.79 Å². The van der Waals surface area contributed by atoms with Crippen LogP contribution in [0.1, 0.15) is 24.5 Å². The van der Waals surface area contributed by atoms with Crippen molar-refractivity contribution in [3.63, 3.8) is 0 Å². The number of nitrogen functional groups attached to an aromatic ring is 1. The second-order valence-electron chi connectivity index (χ2n) is 7.06. The first-order valence-corrected chi connectivity index (χ1v) is 10.0. The van der Waals surface area contributed by atoms with Crippen molar-refractivity contribution in [1.29, 1.82) is 0 Å². The van der Waals surface area contributed by atoms with Crippen molar-refractivity contribution < 1.29 is 19.7 Å². The molecule has 0 bridgehead atoms. The quantitative estimate of drug-likeness (QED) is 0.304. The first-order chi connectivity index (χ1) is 15.0. The number of rotatable bonds is 9. The van der Waals surface area contributed by atoms with Crippen LogP contribution < -0.4 is 15.8 Å². The highest BCUT2D eigenvalue weighted by Gasteiger charge is 2.22. The van der Waals surface area contributed by atoms with Crippen LogP contribution in [0.15, 0.2) is 91.0 Å². The largest absolute Gasteiger partial charge is 0.508 e. The zero-order valence-electron chi connectivity index (χ0n) is 17.0. The number of ether oxygens (including phenoxy) is 1. The Balaban J connectivity index is 1.62. The smallest absolute Gasteiger partial charge is 0.248 e. The average Bonchev–Trinajstić information content (AvgIpc) is 2.78. The Morgan fingerprint density at radius 3 is 2.39 bits per heavy atom. The minimum atomic E-state index is -0.896. The summed E-state index contributed by atoms with van der Waals surface area (Å²) in [4.78, 5) is 12.1. The Kier molecular flexibility index (Phi) is 7.67. The van der Waals surface area contributed by atoms with E-state index in [-0.39, 0.29) is 11.7 Å². The highest BCUT2D eigenvalue weighted by molar-refractivity contribution is 6.01. The molecule has 3 aromatic carbocycles. The summed E-state index contributed by atoms with van der Waals surface area (Å²) in [5, 5.41) is 23.1. The lowest BCUT2D eigenvalue weighted by molar-refractivity contribution is -0.111. The number of carbonyl (C=O) groups is 1. The Morgan fingerprint density at radius 2 is 1.68 bits per heavy atom. The fourth-order valence-corrected chi connectivity index (χ4v) is 3.08. The van der Waals surface area contributed by atoms with E-state index in [4.69, 9.17) is 10.5 Å². The highest BCUT2D eigenvalue weighted by atomic mass is 16.5. The van der Waals surface area contributed by atoms with Gasteiger partial charge in [0.15, 0.2) is 0 Å². The van der Waals surface area contributed by atoms with E-state index in [0.717, 1.165) is 0 Å². The van der Waals surface area contributed by atoms with Crippen LogP contribution in [0.3, 0.4) is 0 Å². The first kappa shape index (κ1) is 21.9. The summed E-state index contributed by atoms with van der Waals surface area (Å²) in [5.41, 5.74) is 7.53. The molecule has 0 fully saturated rings. The van der Waals surface area contributed by atoms with Crippen molar-refractivity contribution in [1.82, 2.24) is 0 Å². The maximum atomic E-state index is 12.1. The van der Waals surface area contributed by atoms with Crippen molar-refractivity contribution in [2.24, 2.45) is 0 Å². The minimum absolute atomic E-state index is 0.129. The topological polar surface area (TPSA) is 105 Å². The number of nitrogens with one attached hydrogen (secondary N) is 1. The molecule has 0 saturated heterocycles. The van der Waals surface area contributed by atoms with E-state index in [1.165, 1.54) is 18.2 Å². The number of phenols is 1. The summed E-state index contributed by atoms with van der Waals surface area (Å²) in [5.74, 6) is 0.494. The van der Waals surface area contributed by atoms with Crippen molar-refractivity contribution in [2.75, 3.05) is 11.1 Å². The molecule has 6 nitrogen and oxygen atoms in total. The number of anilines is 2. The van der Waals surface area contributed by atoms with Gasteiger partial charge in [0.05, 0.1) is 11.4 Å². The van der Waals surface area contributed by atoms with E-state index in [1.807, 2.05) is 30.3 Å². The molecule has 0 aromatic heterocycles. The molecule has 0 heterocycles. The maximum Gasteiger partial charge on any atom is 0.248 e. The van der Waals surface area contributed by atoms with E-state index in [9.17, 15) is 15.0 Å². The summed E-state index contributed by atoms with van der Waals surface area (Å²) in [6.45, 7) is 0. The normalized spacial score (nSPS) is 12.9. The van der Waals surface area contributed by atoms with Crippen LogP contribution in [0.2, 0.25) is 0 Å². The molecule has 160 valence electrons. The summed E-state index contributed by atoms with van der Waals surface area (Å²) < 4.78 is 6.02. The maximum absolute atomic E-state index is 12.1. The van der Waals surface area contributed by atoms with Gasteiger partial charge in [0, 0.05) is 0 Å². The zero-order valence-corrected chi connectivity index (χ0v) is 17.0. The Labute approximate surface area is 181 Å². The average molecular weight is 418 g/mol. The number of para-hydroxylation sites is 3. The van der Waals surface area contributed by atoms with Gasteiger partial charge in [-0.25, -0.2) is 0 Å². The van der Waals surface area contributed by atoms with Gasteiger partial charge in [0.2, 0.25) is 5.91 Å². The first-order valence-electron chi connectivity index (χ1n) is 10.0. The molecule has 6 heteroatoms. The Bertz CT molecular complexity index is 1000. The van der Waals surface area contributed by atoms with Crippen molar-refractivity contribution in [2.45, 2.75) is 25.0 Å². The minimum Gasteiger partial charge on any atom is -0.508 e. The van der Waals surface area contributed by atoms with Crippen LogP contribution in [0.4, 0.5) is 11.4 Å². The third-order valence-corrected chi connectivity index (χ3v) is 4.72. The molecule has 31 heavy (non-hydrogen) atoms. The van der Waals surface area contributed by atoms with Crippen LogP contribution in [0, 0.1) is 0 Å². The number of phenolic OH excluding ortho intramolecular Hbond substituents is 1.